The Labute approximate surface area is 160 Å². The molecule has 0 saturated carbocycles. The molecule has 1 aromatic rings. The summed E-state index contributed by atoms with van der Waals surface area (Å²) < 4.78 is 0. The molecule has 2 atom stereocenters. The number of aromatic nitrogens is 2. The van der Waals surface area contributed by atoms with Crippen LogP contribution in [0.1, 0.15) is 50.3 Å². The van der Waals surface area contributed by atoms with Gasteiger partial charge < -0.3 is 15.1 Å². The Bertz CT molecular complexity index is 685. The number of carbonyl (C=O) groups excluding carboxylic acids is 3. The first kappa shape index (κ1) is 20.8. The minimum Gasteiger partial charge on any atom is -0.351 e. The molecule has 1 aromatic heterocycles. The Balaban J connectivity index is 2.25. The summed E-state index contributed by atoms with van der Waals surface area (Å²) in [4.78, 5) is 49.4. The maximum atomic E-state index is 13.0. The van der Waals surface area contributed by atoms with Crippen LogP contribution in [-0.4, -0.2) is 69.2 Å². The summed E-state index contributed by atoms with van der Waals surface area (Å²) in [5, 5.41) is 2.95. The van der Waals surface area contributed by atoms with Gasteiger partial charge in [-0.15, -0.1) is 0 Å². The van der Waals surface area contributed by atoms with E-state index < -0.39 is 6.04 Å². The van der Waals surface area contributed by atoms with Crippen LogP contribution in [0.25, 0.3) is 0 Å². The Morgan fingerprint density at radius 1 is 1.22 bits per heavy atom. The highest BCUT2D eigenvalue weighted by Crippen LogP contribution is 2.23. The highest BCUT2D eigenvalue weighted by atomic mass is 16.2. The largest absolute Gasteiger partial charge is 0.351 e. The first-order valence-corrected chi connectivity index (χ1v) is 9.47. The van der Waals surface area contributed by atoms with Crippen molar-refractivity contribution in [3.8, 4) is 0 Å². The molecule has 1 saturated heterocycles. The number of amides is 3. The normalized spacial score (nSPS) is 19.3. The van der Waals surface area contributed by atoms with Crippen molar-refractivity contribution in [2.24, 2.45) is 5.92 Å². The van der Waals surface area contributed by atoms with E-state index in [0.29, 0.717) is 37.4 Å². The zero-order valence-corrected chi connectivity index (χ0v) is 16.7. The van der Waals surface area contributed by atoms with Gasteiger partial charge in [0.05, 0.1) is 5.56 Å². The van der Waals surface area contributed by atoms with Crippen molar-refractivity contribution in [3.05, 3.63) is 23.8 Å². The number of likely N-dealkylation sites (tertiary alicyclic amines) is 1. The number of nitrogens with one attached hydrogen (secondary N) is 1. The third-order valence-electron chi connectivity index (χ3n) is 4.82. The topological polar surface area (TPSA) is 95.5 Å². The van der Waals surface area contributed by atoms with Crippen LogP contribution in [0.4, 0.5) is 0 Å². The molecule has 3 amide bonds. The number of carbonyl (C=O) groups is 3. The van der Waals surface area contributed by atoms with Crippen molar-refractivity contribution < 1.29 is 14.4 Å². The molecule has 0 unspecified atom stereocenters. The summed E-state index contributed by atoms with van der Waals surface area (Å²) in [5.74, 6) is -0.0468. The molecule has 1 aliphatic heterocycles. The quantitative estimate of drug-likeness (QED) is 0.801. The van der Waals surface area contributed by atoms with Gasteiger partial charge in [0.15, 0.2) is 0 Å². The molecule has 0 spiro atoms. The van der Waals surface area contributed by atoms with E-state index in [1.807, 2.05) is 27.7 Å². The lowest BCUT2D eigenvalue weighted by Gasteiger charge is -2.28. The minimum absolute atomic E-state index is 0.0815. The summed E-state index contributed by atoms with van der Waals surface area (Å²) in [5.41, 5.74) is 0.341. The van der Waals surface area contributed by atoms with E-state index in [1.165, 1.54) is 12.4 Å². The Kier molecular flexibility index (Phi) is 6.87. The van der Waals surface area contributed by atoms with Gasteiger partial charge in [-0.1, -0.05) is 13.8 Å². The Morgan fingerprint density at radius 2 is 1.81 bits per heavy atom. The van der Waals surface area contributed by atoms with Gasteiger partial charge in [-0.2, -0.15) is 0 Å². The molecule has 1 fully saturated rings. The molecular formula is C19H29N5O3. The lowest BCUT2D eigenvalue weighted by molar-refractivity contribution is -0.135. The molecule has 148 valence electrons. The summed E-state index contributed by atoms with van der Waals surface area (Å²) in [6, 6.07) is -0.851. The lowest BCUT2D eigenvalue weighted by atomic mass is 10.1. The monoisotopic (exact) mass is 375 g/mol. The summed E-state index contributed by atoms with van der Waals surface area (Å²) in [7, 11) is 0. The SMILES string of the molecule is CCN(CC)C(=O)[C@@H]1C[C@@H](NC(=O)C(C)C)CN1C(=O)c1cnc(C)nc1. The standard InChI is InChI=1S/C19H29N5O3/c1-6-23(7-2)19(27)16-8-15(22-17(25)12(3)4)11-24(16)18(26)14-9-20-13(5)21-10-14/h9-10,12,15-16H,6-8,11H2,1-5H3,(H,22,25)/t15-,16+/m1/s1. The molecule has 27 heavy (non-hydrogen) atoms. The van der Waals surface area contributed by atoms with Crippen LogP contribution in [0.3, 0.4) is 0 Å². The molecule has 1 aliphatic rings. The Hall–Kier alpha value is -2.51. The average molecular weight is 375 g/mol. The molecule has 0 radical (unpaired) electrons. The van der Waals surface area contributed by atoms with E-state index in [0.717, 1.165) is 0 Å². The first-order valence-electron chi connectivity index (χ1n) is 9.47. The van der Waals surface area contributed by atoms with E-state index in [9.17, 15) is 14.4 Å². The van der Waals surface area contributed by atoms with Gasteiger partial charge in [-0.25, -0.2) is 9.97 Å². The van der Waals surface area contributed by atoms with Gasteiger partial charge in [0.1, 0.15) is 11.9 Å². The highest BCUT2D eigenvalue weighted by molar-refractivity contribution is 5.97. The predicted octanol–water partition coefficient (Wildman–Crippen LogP) is 1.01. The van der Waals surface area contributed by atoms with Crippen molar-refractivity contribution in [2.45, 2.75) is 53.1 Å². The minimum atomic E-state index is -0.601. The van der Waals surface area contributed by atoms with Crippen LogP contribution in [0.15, 0.2) is 12.4 Å². The third-order valence-corrected chi connectivity index (χ3v) is 4.82. The Morgan fingerprint density at radius 3 is 2.33 bits per heavy atom. The molecule has 0 aromatic carbocycles. The van der Waals surface area contributed by atoms with Gasteiger partial charge >= 0.3 is 0 Å². The maximum absolute atomic E-state index is 13.0. The van der Waals surface area contributed by atoms with Crippen LogP contribution in [0.5, 0.6) is 0 Å². The van der Waals surface area contributed by atoms with E-state index in [-0.39, 0.29) is 29.7 Å². The van der Waals surface area contributed by atoms with Gasteiger partial charge in [0.25, 0.3) is 5.91 Å². The lowest BCUT2D eigenvalue weighted by Crippen LogP contribution is -2.47. The summed E-state index contributed by atoms with van der Waals surface area (Å²) in [6.45, 7) is 10.6. The van der Waals surface area contributed by atoms with Gasteiger partial charge in [-0.05, 0) is 27.2 Å². The molecule has 0 bridgehead atoms. The van der Waals surface area contributed by atoms with Crippen LogP contribution in [-0.2, 0) is 9.59 Å². The zero-order chi connectivity index (χ0) is 20.1. The molecule has 2 heterocycles. The van der Waals surface area contributed by atoms with Crippen LogP contribution < -0.4 is 5.32 Å². The van der Waals surface area contributed by atoms with Crippen molar-refractivity contribution in [1.82, 2.24) is 25.1 Å². The van der Waals surface area contributed by atoms with Crippen LogP contribution in [0.2, 0.25) is 0 Å². The van der Waals surface area contributed by atoms with Crippen molar-refractivity contribution >= 4 is 17.7 Å². The van der Waals surface area contributed by atoms with E-state index in [1.54, 1.807) is 16.7 Å². The number of aryl methyl sites for hydroxylation is 1. The van der Waals surface area contributed by atoms with Crippen molar-refractivity contribution in [2.75, 3.05) is 19.6 Å². The second-order valence-corrected chi connectivity index (χ2v) is 7.10. The highest BCUT2D eigenvalue weighted by Gasteiger charge is 2.42. The predicted molar refractivity (Wildman–Crippen MR) is 101 cm³/mol. The number of nitrogens with zero attached hydrogens (tertiary/aromatic N) is 4. The van der Waals surface area contributed by atoms with E-state index in [2.05, 4.69) is 15.3 Å². The van der Waals surface area contributed by atoms with Crippen molar-refractivity contribution in [3.63, 3.8) is 0 Å². The second kappa shape index (κ2) is 8.92. The fourth-order valence-electron chi connectivity index (χ4n) is 3.18. The summed E-state index contributed by atoms with van der Waals surface area (Å²) in [6.07, 6.45) is 3.36. The second-order valence-electron chi connectivity index (χ2n) is 7.10. The third kappa shape index (κ3) is 4.81. The van der Waals surface area contributed by atoms with Gasteiger partial charge in [0, 0.05) is 44.0 Å². The molecule has 0 aliphatic carbocycles. The van der Waals surface area contributed by atoms with Gasteiger partial charge in [-0.3, -0.25) is 14.4 Å². The zero-order valence-electron chi connectivity index (χ0n) is 16.7. The van der Waals surface area contributed by atoms with Crippen LogP contribution >= 0.6 is 0 Å². The first-order chi connectivity index (χ1) is 12.8. The molecule has 2 rings (SSSR count). The smallest absolute Gasteiger partial charge is 0.257 e. The fraction of sp³-hybridized carbons (Fsp3) is 0.632. The molecule has 8 nitrogen and oxygen atoms in total. The van der Waals surface area contributed by atoms with E-state index in [4.69, 9.17) is 0 Å². The number of hydrogen-bond donors (Lipinski definition) is 1. The van der Waals surface area contributed by atoms with E-state index >= 15 is 0 Å². The molecule has 1 N–H and O–H groups in total. The number of rotatable bonds is 6. The fourth-order valence-corrected chi connectivity index (χ4v) is 3.18. The molecule has 8 heteroatoms. The van der Waals surface area contributed by atoms with Crippen LogP contribution in [0, 0.1) is 12.8 Å². The maximum Gasteiger partial charge on any atom is 0.257 e. The number of hydrogen-bond acceptors (Lipinski definition) is 5. The van der Waals surface area contributed by atoms with Gasteiger partial charge in [0.2, 0.25) is 11.8 Å². The summed E-state index contributed by atoms with van der Waals surface area (Å²) >= 11 is 0. The average Bonchev–Trinajstić information content (AvgIpc) is 3.06. The molecular weight excluding hydrogens is 346 g/mol. The van der Waals surface area contributed by atoms with Crippen molar-refractivity contribution in [1.29, 1.82) is 0 Å². The number of likely N-dealkylation sites (N-methyl/N-ethyl adjacent to an activating group) is 1.